The number of nitrogens with zero attached hydrogens (tertiary/aromatic N) is 3. The van der Waals surface area contributed by atoms with E-state index in [1.165, 1.54) is 30.4 Å². The Balaban J connectivity index is 1.37. The van der Waals surface area contributed by atoms with Crippen molar-refractivity contribution in [3.8, 4) is 6.07 Å². The zero-order chi connectivity index (χ0) is 19.3. The van der Waals surface area contributed by atoms with Crippen LogP contribution in [0.1, 0.15) is 41.5 Å². The highest BCUT2D eigenvalue weighted by Gasteiger charge is 2.20. The minimum atomic E-state index is 0.234. The van der Waals surface area contributed by atoms with Gasteiger partial charge in [-0.3, -0.25) is 4.79 Å². The first-order chi connectivity index (χ1) is 13.7. The van der Waals surface area contributed by atoms with Crippen LogP contribution in [0.15, 0.2) is 42.5 Å². The molecule has 0 spiro atoms. The summed E-state index contributed by atoms with van der Waals surface area (Å²) in [6.07, 6.45) is 6.36. The lowest BCUT2D eigenvalue weighted by Crippen LogP contribution is -2.36. The van der Waals surface area contributed by atoms with Gasteiger partial charge in [-0.2, -0.15) is 5.26 Å². The molecular formula is C24H27N3O. The van der Waals surface area contributed by atoms with E-state index in [0.717, 1.165) is 50.3 Å². The van der Waals surface area contributed by atoms with Gasteiger partial charge in [0.05, 0.1) is 18.1 Å². The van der Waals surface area contributed by atoms with E-state index in [4.69, 9.17) is 5.26 Å². The van der Waals surface area contributed by atoms with E-state index in [-0.39, 0.29) is 5.91 Å². The zero-order valence-electron chi connectivity index (χ0n) is 16.4. The maximum atomic E-state index is 12.9. The number of hydrogen-bond donors (Lipinski definition) is 0. The van der Waals surface area contributed by atoms with Gasteiger partial charge in [0.15, 0.2) is 0 Å². The third kappa shape index (κ3) is 4.20. The molecule has 1 saturated heterocycles. The Kier molecular flexibility index (Phi) is 5.62. The first-order valence-electron chi connectivity index (χ1n) is 10.4. The van der Waals surface area contributed by atoms with Gasteiger partial charge in [0.25, 0.3) is 0 Å². The molecule has 1 aliphatic heterocycles. The lowest BCUT2D eigenvalue weighted by molar-refractivity contribution is -0.130. The van der Waals surface area contributed by atoms with E-state index >= 15 is 0 Å². The van der Waals surface area contributed by atoms with Crippen LogP contribution in [0.25, 0.3) is 0 Å². The second-order valence-corrected chi connectivity index (χ2v) is 7.87. The SMILES string of the molecule is N#Cc1ccc(N2CCCN(C(=O)Cc3ccc4c(c3)CCCC4)CC2)cc1. The van der Waals surface area contributed by atoms with Gasteiger partial charge in [0.1, 0.15) is 0 Å². The summed E-state index contributed by atoms with van der Waals surface area (Å²) in [7, 11) is 0. The first kappa shape index (κ1) is 18.6. The van der Waals surface area contributed by atoms with Gasteiger partial charge in [-0.25, -0.2) is 0 Å². The van der Waals surface area contributed by atoms with Crippen molar-refractivity contribution in [3.05, 3.63) is 64.7 Å². The van der Waals surface area contributed by atoms with E-state index in [1.807, 2.05) is 29.2 Å². The maximum absolute atomic E-state index is 12.9. The van der Waals surface area contributed by atoms with E-state index in [2.05, 4.69) is 29.2 Å². The van der Waals surface area contributed by atoms with Crippen molar-refractivity contribution in [2.45, 2.75) is 38.5 Å². The molecule has 28 heavy (non-hydrogen) atoms. The van der Waals surface area contributed by atoms with Crippen molar-refractivity contribution in [2.75, 3.05) is 31.1 Å². The Bertz CT molecular complexity index is 882. The number of benzene rings is 2. The number of aryl methyl sites for hydroxylation is 2. The second-order valence-electron chi connectivity index (χ2n) is 7.87. The van der Waals surface area contributed by atoms with Crippen LogP contribution in [-0.4, -0.2) is 37.0 Å². The van der Waals surface area contributed by atoms with Crippen molar-refractivity contribution in [2.24, 2.45) is 0 Å². The van der Waals surface area contributed by atoms with Crippen molar-refractivity contribution < 1.29 is 4.79 Å². The molecule has 1 amide bonds. The molecule has 4 nitrogen and oxygen atoms in total. The molecule has 0 aromatic heterocycles. The van der Waals surface area contributed by atoms with E-state index in [9.17, 15) is 4.79 Å². The third-order valence-corrected chi connectivity index (χ3v) is 5.98. The van der Waals surface area contributed by atoms with Gasteiger partial charge in [-0.15, -0.1) is 0 Å². The highest BCUT2D eigenvalue weighted by Crippen LogP contribution is 2.23. The molecule has 0 unspecified atom stereocenters. The van der Waals surface area contributed by atoms with Crippen LogP contribution >= 0.6 is 0 Å². The number of amides is 1. The number of fused-ring (bicyclic) bond motifs is 1. The van der Waals surface area contributed by atoms with E-state index < -0.39 is 0 Å². The summed E-state index contributed by atoms with van der Waals surface area (Å²) < 4.78 is 0. The third-order valence-electron chi connectivity index (χ3n) is 5.98. The smallest absolute Gasteiger partial charge is 0.227 e. The molecule has 0 bridgehead atoms. The normalized spacial score (nSPS) is 16.8. The lowest BCUT2D eigenvalue weighted by Gasteiger charge is -2.24. The van der Waals surface area contributed by atoms with Gasteiger partial charge in [0.2, 0.25) is 5.91 Å². The van der Waals surface area contributed by atoms with Crippen LogP contribution in [0.3, 0.4) is 0 Å². The number of carbonyl (C=O) groups is 1. The summed E-state index contributed by atoms with van der Waals surface area (Å²) >= 11 is 0. The zero-order valence-corrected chi connectivity index (χ0v) is 16.4. The van der Waals surface area contributed by atoms with Gasteiger partial charge >= 0.3 is 0 Å². The average Bonchev–Trinajstić information content (AvgIpc) is 3.00. The molecule has 0 atom stereocenters. The number of anilines is 1. The Morgan fingerprint density at radius 3 is 2.46 bits per heavy atom. The molecule has 0 N–H and O–H groups in total. The fourth-order valence-corrected chi connectivity index (χ4v) is 4.36. The van der Waals surface area contributed by atoms with Gasteiger partial charge in [0, 0.05) is 31.9 Å². The summed E-state index contributed by atoms with van der Waals surface area (Å²) in [6, 6.07) is 16.5. The molecule has 1 aliphatic carbocycles. The Labute approximate surface area is 167 Å². The molecule has 2 aromatic carbocycles. The minimum absolute atomic E-state index is 0.234. The van der Waals surface area contributed by atoms with Crippen LogP contribution in [0, 0.1) is 11.3 Å². The molecule has 0 saturated carbocycles. The van der Waals surface area contributed by atoms with E-state index in [0.29, 0.717) is 12.0 Å². The number of nitriles is 1. The predicted molar refractivity (Wildman–Crippen MR) is 111 cm³/mol. The van der Waals surface area contributed by atoms with Gasteiger partial charge in [-0.1, -0.05) is 18.2 Å². The van der Waals surface area contributed by atoms with Gasteiger partial charge < -0.3 is 9.80 Å². The standard InChI is InChI=1S/C24H27N3O/c25-18-19-7-10-23(11-8-19)26-12-3-13-27(15-14-26)24(28)17-20-6-9-21-4-1-2-5-22(21)16-20/h6-11,16H,1-5,12-15,17H2. The number of rotatable bonds is 3. The van der Waals surface area contributed by atoms with Crippen molar-refractivity contribution in [3.63, 3.8) is 0 Å². The first-order valence-corrected chi connectivity index (χ1v) is 10.4. The van der Waals surface area contributed by atoms with Gasteiger partial charge in [-0.05, 0) is 73.1 Å². The molecule has 1 fully saturated rings. The second kappa shape index (κ2) is 8.48. The number of carbonyl (C=O) groups excluding carboxylic acids is 1. The summed E-state index contributed by atoms with van der Waals surface area (Å²) in [6.45, 7) is 3.34. The summed E-state index contributed by atoms with van der Waals surface area (Å²) in [5, 5.41) is 8.96. The predicted octanol–water partition coefficient (Wildman–Crippen LogP) is 3.72. The van der Waals surface area contributed by atoms with Crippen molar-refractivity contribution in [1.29, 1.82) is 5.26 Å². The topological polar surface area (TPSA) is 47.3 Å². The maximum Gasteiger partial charge on any atom is 0.227 e. The Morgan fingerprint density at radius 2 is 1.68 bits per heavy atom. The largest absolute Gasteiger partial charge is 0.370 e. The Morgan fingerprint density at radius 1 is 0.893 bits per heavy atom. The highest BCUT2D eigenvalue weighted by molar-refractivity contribution is 5.79. The molecular weight excluding hydrogens is 346 g/mol. The minimum Gasteiger partial charge on any atom is -0.370 e. The van der Waals surface area contributed by atoms with Crippen LogP contribution in [-0.2, 0) is 24.1 Å². The van der Waals surface area contributed by atoms with Crippen molar-refractivity contribution in [1.82, 2.24) is 4.90 Å². The fourth-order valence-electron chi connectivity index (χ4n) is 4.36. The summed E-state index contributed by atoms with van der Waals surface area (Å²) in [5.41, 5.74) is 5.87. The number of hydrogen-bond acceptors (Lipinski definition) is 3. The van der Waals surface area contributed by atoms with E-state index in [1.54, 1.807) is 0 Å². The lowest BCUT2D eigenvalue weighted by atomic mass is 9.90. The van der Waals surface area contributed by atoms with Crippen molar-refractivity contribution >= 4 is 11.6 Å². The molecule has 2 aromatic rings. The quantitative estimate of drug-likeness (QED) is 0.824. The summed E-state index contributed by atoms with van der Waals surface area (Å²) in [4.78, 5) is 17.2. The van der Waals surface area contributed by atoms with Crippen LogP contribution in [0.2, 0.25) is 0 Å². The monoisotopic (exact) mass is 373 g/mol. The van der Waals surface area contributed by atoms with Crippen LogP contribution < -0.4 is 4.90 Å². The molecule has 0 radical (unpaired) electrons. The highest BCUT2D eigenvalue weighted by atomic mass is 16.2. The summed E-state index contributed by atoms with van der Waals surface area (Å²) in [5.74, 6) is 0.234. The molecule has 1 heterocycles. The average molecular weight is 374 g/mol. The molecule has 2 aliphatic rings. The molecule has 144 valence electrons. The van der Waals surface area contributed by atoms with Crippen LogP contribution in [0.5, 0.6) is 0 Å². The fraction of sp³-hybridized carbons (Fsp3) is 0.417. The Hall–Kier alpha value is -2.80. The molecule has 4 rings (SSSR count). The molecule has 4 heteroatoms. The van der Waals surface area contributed by atoms with Crippen LogP contribution in [0.4, 0.5) is 5.69 Å².